The molecule has 0 fully saturated rings. The summed E-state index contributed by atoms with van der Waals surface area (Å²) in [5.41, 5.74) is 2.25. The highest BCUT2D eigenvalue weighted by Crippen LogP contribution is 2.30. The minimum atomic E-state index is -0.203. The van der Waals surface area contributed by atoms with Crippen LogP contribution in [0.5, 0.6) is 0 Å². The van der Waals surface area contributed by atoms with Crippen LogP contribution in [0.4, 0.5) is 5.69 Å². The Morgan fingerprint density at radius 1 is 1.19 bits per heavy atom. The molecule has 0 aliphatic carbocycles. The Morgan fingerprint density at radius 3 is 2.67 bits per heavy atom. The number of carbonyl (C=O) groups is 1. The second kappa shape index (κ2) is 7.73. The van der Waals surface area contributed by atoms with Gasteiger partial charge in [0.1, 0.15) is 0 Å². The van der Waals surface area contributed by atoms with E-state index in [-0.39, 0.29) is 5.91 Å². The third-order valence-electron chi connectivity index (χ3n) is 3.66. The number of aromatic nitrogens is 4. The summed E-state index contributed by atoms with van der Waals surface area (Å²) in [6.45, 7) is 1.98. The molecule has 0 atom stereocenters. The van der Waals surface area contributed by atoms with Gasteiger partial charge in [0.15, 0.2) is 10.2 Å². The number of anilines is 1. The quantitative estimate of drug-likeness (QED) is 0.543. The highest BCUT2D eigenvalue weighted by Gasteiger charge is 2.08. The molecule has 0 radical (unpaired) electrons. The summed E-state index contributed by atoms with van der Waals surface area (Å²) < 4.78 is 2.65. The molecular formula is C19H15N5OS2. The topological polar surface area (TPSA) is 72.7 Å². The van der Waals surface area contributed by atoms with E-state index in [1.807, 2.05) is 42.6 Å². The van der Waals surface area contributed by atoms with Crippen molar-refractivity contribution in [2.45, 2.75) is 16.2 Å². The van der Waals surface area contributed by atoms with E-state index in [0.29, 0.717) is 11.4 Å². The van der Waals surface area contributed by atoms with Crippen LogP contribution < -0.4 is 5.32 Å². The van der Waals surface area contributed by atoms with Crippen molar-refractivity contribution in [3.63, 3.8) is 0 Å². The Hall–Kier alpha value is -2.97. The van der Waals surface area contributed by atoms with Crippen molar-refractivity contribution < 1.29 is 4.79 Å². The van der Waals surface area contributed by atoms with Gasteiger partial charge in [0.05, 0.1) is 5.56 Å². The highest BCUT2D eigenvalue weighted by molar-refractivity contribution is 8.01. The average molecular weight is 393 g/mol. The largest absolute Gasteiger partial charge is 0.322 e. The molecule has 6 nitrogen and oxygen atoms in total. The van der Waals surface area contributed by atoms with E-state index in [9.17, 15) is 4.79 Å². The van der Waals surface area contributed by atoms with Gasteiger partial charge in [-0.1, -0.05) is 11.8 Å². The van der Waals surface area contributed by atoms with Crippen LogP contribution in [0.1, 0.15) is 16.1 Å². The van der Waals surface area contributed by atoms with E-state index in [1.54, 1.807) is 58.5 Å². The number of amides is 1. The van der Waals surface area contributed by atoms with Crippen LogP contribution in [0, 0.1) is 6.92 Å². The Kier molecular flexibility index (Phi) is 4.99. The SMILES string of the molecule is Cc1csc(Sc2ccc(NC(=O)c3ccc(-n4cccn4)nc3)cc2)n1. The van der Waals surface area contributed by atoms with Crippen LogP contribution in [-0.2, 0) is 0 Å². The van der Waals surface area contributed by atoms with Crippen molar-refractivity contribution in [3.8, 4) is 5.82 Å². The lowest BCUT2D eigenvalue weighted by molar-refractivity contribution is 0.102. The predicted octanol–water partition coefficient (Wildman–Crippen LogP) is 4.44. The first-order valence-electron chi connectivity index (χ1n) is 8.15. The van der Waals surface area contributed by atoms with Gasteiger partial charge >= 0.3 is 0 Å². The van der Waals surface area contributed by atoms with Gasteiger partial charge in [-0.2, -0.15) is 5.10 Å². The molecule has 0 saturated heterocycles. The van der Waals surface area contributed by atoms with E-state index in [0.717, 1.165) is 20.6 Å². The number of hydrogen-bond acceptors (Lipinski definition) is 6. The van der Waals surface area contributed by atoms with Crippen molar-refractivity contribution in [3.05, 3.63) is 77.7 Å². The number of pyridine rings is 1. The van der Waals surface area contributed by atoms with Gasteiger partial charge < -0.3 is 5.32 Å². The van der Waals surface area contributed by atoms with Crippen LogP contribution in [-0.4, -0.2) is 25.7 Å². The number of nitrogens with zero attached hydrogens (tertiary/aromatic N) is 4. The van der Waals surface area contributed by atoms with Gasteiger partial charge in [-0.15, -0.1) is 11.3 Å². The molecular weight excluding hydrogens is 378 g/mol. The van der Waals surface area contributed by atoms with Crippen LogP contribution in [0.25, 0.3) is 5.82 Å². The molecule has 0 unspecified atom stereocenters. The van der Waals surface area contributed by atoms with Gasteiger partial charge in [0.2, 0.25) is 0 Å². The fourth-order valence-electron chi connectivity index (χ4n) is 2.35. The summed E-state index contributed by atoms with van der Waals surface area (Å²) in [5, 5.41) is 9.03. The van der Waals surface area contributed by atoms with Gasteiger partial charge in [-0.25, -0.2) is 14.6 Å². The average Bonchev–Trinajstić information content (AvgIpc) is 3.35. The zero-order valence-electron chi connectivity index (χ0n) is 14.4. The standard InChI is InChI=1S/C19H15N5OS2/c1-13-12-26-19(22-13)27-16-6-4-15(5-7-16)23-18(25)14-3-8-17(20-11-14)24-10-2-9-21-24/h2-12H,1H3,(H,23,25). The minimum Gasteiger partial charge on any atom is -0.322 e. The third-order valence-corrected chi connectivity index (χ3v) is 5.73. The van der Waals surface area contributed by atoms with Crippen LogP contribution >= 0.6 is 23.1 Å². The van der Waals surface area contributed by atoms with Crippen LogP contribution in [0.15, 0.2) is 75.7 Å². The molecule has 134 valence electrons. The summed E-state index contributed by atoms with van der Waals surface area (Å²) in [6, 6.07) is 13.0. The van der Waals surface area contributed by atoms with Crippen LogP contribution in [0.2, 0.25) is 0 Å². The molecule has 0 spiro atoms. The summed E-state index contributed by atoms with van der Waals surface area (Å²) in [7, 11) is 0. The fourth-order valence-corrected chi connectivity index (χ4v) is 4.16. The fraction of sp³-hybridized carbons (Fsp3) is 0.0526. The normalized spacial score (nSPS) is 10.7. The van der Waals surface area contributed by atoms with Crippen LogP contribution in [0.3, 0.4) is 0 Å². The summed E-state index contributed by atoms with van der Waals surface area (Å²) in [6.07, 6.45) is 5.02. The molecule has 3 heterocycles. The number of benzene rings is 1. The molecule has 0 aliphatic rings. The van der Waals surface area contributed by atoms with Crippen molar-refractivity contribution in [2.24, 2.45) is 0 Å². The summed E-state index contributed by atoms with van der Waals surface area (Å²) >= 11 is 3.23. The molecule has 4 rings (SSSR count). The van der Waals surface area contributed by atoms with E-state index < -0.39 is 0 Å². The maximum Gasteiger partial charge on any atom is 0.257 e. The first-order valence-corrected chi connectivity index (χ1v) is 9.84. The molecule has 1 N–H and O–H groups in total. The number of rotatable bonds is 5. The van der Waals surface area contributed by atoms with Gasteiger partial charge in [0, 0.05) is 40.2 Å². The van der Waals surface area contributed by atoms with Crippen molar-refractivity contribution >= 4 is 34.7 Å². The van der Waals surface area contributed by atoms with Crippen molar-refractivity contribution in [1.82, 2.24) is 19.7 Å². The smallest absolute Gasteiger partial charge is 0.257 e. The number of carbonyl (C=O) groups excluding carboxylic acids is 1. The number of thiazole rings is 1. The minimum absolute atomic E-state index is 0.203. The molecule has 0 aliphatic heterocycles. The molecule has 27 heavy (non-hydrogen) atoms. The zero-order valence-corrected chi connectivity index (χ0v) is 16.0. The molecule has 0 saturated carbocycles. The lowest BCUT2D eigenvalue weighted by atomic mass is 10.2. The molecule has 3 aromatic heterocycles. The molecule has 1 amide bonds. The van der Waals surface area contributed by atoms with E-state index in [2.05, 4.69) is 20.4 Å². The Labute approximate surface area is 164 Å². The van der Waals surface area contributed by atoms with Gasteiger partial charge in [0.25, 0.3) is 5.91 Å². The molecule has 0 bridgehead atoms. The van der Waals surface area contributed by atoms with Gasteiger partial charge in [-0.3, -0.25) is 4.79 Å². The first kappa shape index (κ1) is 17.4. The van der Waals surface area contributed by atoms with E-state index in [1.165, 1.54) is 0 Å². The number of aryl methyl sites for hydroxylation is 1. The maximum absolute atomic E-state index is 12.4. The highest BCUT2D eigenvalue weighted by atomic mass is 32.2. The predicted molar refractivity (Wildman–Crippen MR) is 107 cm³/mol. The maximum atomic E-state index is 12.4. The second-order valence-corrected chi connectivity index (χ2v) is 7.87. The lowest BCUT2D eigenvalue weighted by Crippen LogP contribution is -2.12. The van der Waals surface area contributed by atoms with Gasteiger partial charge in [-0.05, 0) is 49.4 Å². The molecule has 4 aromatic rings. The Bertz CT molecular complexity index is 1040. The summed E-state index contributed by atoms with van der Waals surface area (Å²) in [4.78, 5) is 22.2. The summed E-state index contributed by atoms with van der Waals surface area (Å²) in [5.74, 6) is 0.459. The number of hydrogen-bond donors (Lipinski definition) is 1. The Morgan fingerprint density at radius 2 is 2.04 bits per heavy atom. The Balaban J connectivity index is 1.40. The monoisotopic (exact) mass is 393 g/mol. The van der Waals surface area contributed by atoms with E-state index in [4.69, 9.17) is 0 Å². The zero-order chi connectivity index (χ0) is 18.6. The van der Waals surface area contributed by atoms with Crippen molar-refractivity contribution in [1.29, 1.82) is 0 Å². The first-order chi connectivity index (χ1) is 13.2. The van der Waals surface area contributed by atoms with E-state index >= 15 is 0 Å². The third kappa shape index (κ3) is 4.24. The van der Waals surface area contributed by atoms with Crippen molar-refractivity contribution in [2.75, 3.05) is 5.32 Å². The second-order valence-electron chi connectivity index (χ2n) is 5.69. The molecule has 1 aromatic carbocycles. The number of nitrogens with one attached hydrogen (secondary N) is 1. The molecule has 8 heteroatoms. The lowest BCUT2D eigenvalue weighted by Gasteiger charge is -2.07.